The van der Waals surface area contributed by atoms with Crippen LogP contribution in [0.1, 0.15) is 31.7 Å². The summed E-state index contributed by atoms with van der Waals surface area (Å²) in [7, 11) is -2.10. The summed E-state index contributed by atoms with van der Waals surface area (Å²) >= 11 is 0. The molecule has 0 bridgehead atoms. The summed E-state index contributed by atoms with van der Waals surface area (Å²) in [4.78, 5) is 12.9. The molecule has 7 heteroatoms. The summed E-state index contributed by atoms with van der Waals surface area (Å²) in [6, 6.07) is 14.2. The molecule has 2 aromatic rings. The van der Waals surface area contributed by atoms with Crippen molar-refractivity contribution in [3.63, 3.8) is 0 Å². The van der Waals surface area contributed by atoms with Crippen LogP contribution in [0.4, 0.5) is 5.69 Å². The van der Waals surface area contributed by atoms with Crippen LogP contribution in [0.5, 0.6) is 5.75 Å². The molecule has 0 unspecified atom stereocenters. The Balaban J connectivity index is 1.66. The van der Waals surface area contributed by atoms with Crippen LogP contribution in [-0.4, -0.2) is 38.8 Å². The second kappa shape index (κ2) is 9.41. The number of carbonyl (C=O) groups is 1. The fourth-order valence-corrected chi connectivity index (χ4v) is 5.08. The number of amides is 1. The molecule has 0 spiro atoms. The molecule has 1 atom stereocenters. The Morgan fingerprint density at radius 2 is 1.83 bits per heavy atom. The second-order valence-electron chi connectivity index (χ2n) is 7.31. The number of benzene rings is 2. The molecule has 1 saturated heterocycles. The standard InChI is InChI=1S/C22H28N2O4S/c1-3-5-17-7-9-19(10-8-17)23-22(25)18-6-4-15-24(16-18)29(26,27)21-13-11-20(28-2)12-14-21/h7-14,18H,3-6,15-16H2,1-2H3,(H,23,25)/t18-/m1/s1. The predicted octanol–water partition coefficient (Wildman–Crippen LogP) is 3.69. The first-order valence-corrected chi connectivity index (χ1v) is 11.4. The van der Waals surface area contributed by atoms with Gasteiger partial charge in [0.15, 0.2) is 0 Å². The highest BCUT2D eigenvalue weighted by molar-refractivity contribution is 7.89. The quantitative estimate of drug-likeness (QED) is 0.747. The van der Waals surface area contributed by atoms with Crippen molar-refractivity contribution in [2.75, 3.05) is 25.5 Å². The van der Waals surface area contributed by atoms with Gasteiger partial charge in [0.1, 0.15) is 5.75 Å². The van der Waals surface area contributed by atoms with Crippen molar-refractivity contribution in [1.29, 1.82) is 0 Å². The smallest absolute Gasteiger partial charge is 0.243 e. The number of nitrogens with one attached hydrogen (secondary N) is 1. The zero-order valence-electron chi connectivity index (χ0n) is 16.9. The number of methoxy groups -OCH3 is 1. The summed E-state index contributed by atoms with van der Waals surface area (Å²) in [6.45, 7) is 2.74. The van der Waals surface area contributed by atoms with Crippen LogP contribution in [0, 0.1) is 5.92 Å². The SMILES string of the molecule is CCCc1ccc(NC(=O)[C@@H]2CCCN(S(=O)(=O)c3ccc(OC)cc3)C2)cc1. The van der Waals surface area contributed by atoms with E-state index in [1.165, 1.54) is 29.1 Å². The number of nitrogens with zero attached hydrogens (tertiary/aromatic N) is 1. The Bertz CT molecular complexity index is 924. The van der Waals surface area contributed by atoms with Gasteiger partial charge in [-0.1, -0.05) is 25.5 Å². The fourth-order valence-electron chi connectivity index (χ4n) is 3.56. The average molecular weight is 417 g/mol. The molecule has 1 amide bonds. The molecule has 0 saturated carbocycles. The highest BCUT2D eigenvalue weighted by Crippen LogP contribution is 2.26. The number of ether oxygens (including phenoxy) is 1. The third kappa shape index (κ3) is 5.16. The van der Waals surface area contributed by atoms with E-state index in [-0.39, 0.29) is 23.3 Å². The number of piperidine rings is 1. The fraction of sp³-hybridized carbons (Fsp3) is 0.409. The lowest BCUT2D eigenvalue weighted by molar-refractivity contribution is -0.120. The molecule has 6 nitrogen and oxygen atoms in total. The monoisotopic (exact) mass is 416 g/mol. The summed E-state index contributed by atoms with van der Waals surface area (Å²) in [6.07, 6.45) is 3.42. The number of carbonyl (C=O) groups excluding carboxylic acids is 1. The lowest BCUT2D eigenvalue weighted by atomic mass is 9.98. The molecule has 2 aromatic carbocycles. The lowest BCUT2D eigenvalue weighted by Gasteiger charge is -2.31. The zero-order chi connectivity index (χ0) is 20.9. The van der Waals surface area contributed by atoms with Gasteiger partial charge in [0.25, 0.3) is 0 Å². The van der Waals surface area contributed by atoms with Crippen molar-refractivity contribution in [3.8, 4) is 5.75 Å². The maximum atomic E-state index is 13.0. The largest absolute Gasteiger partial charge is 0.497 e. The number of hydrogen-bond donors (Lipinski definition) is 1. The van der Waals surface area contributed by atoms with Gasteiger partial charge in [-0.3, -0.25) is 4.79 Å². The van der Waals surface area contributed by atoms with E-state index in [2.05, 4.69) is 12.2 Å². The van der Waals surface area contributed by atoms with E-state index in [9.17, 15) is 13.2 Å². The van der Waals surface area contributed by atoms with Gasteiger partial charge in [0, 0.05) is 18.8 Å². The molecule has 1 fully saturated rings. The number of rotatable bonds is 7. The average Bonchev–Trinajstić information content (AvgIpc) is 2.75. The molecule has 0 aromatic heterocycles. The van der Waals surface area contributed by atoms with Gasteiger partial charge >= 0.3 is 0 Å². The number of anilines is 1. The second-order valence-corrected chi connectivity index (χ2v) is 9.25. The molecule has 156 valence electrons. The van der Waals surface area contributed by atoms with Crippen molar-refractivity contribution in [3.05, 3.63) is 54.1 Å². The molecule has 0 aliphatic carbocycles. The third-order valence-electron chi connectivity index (χ3n) is 5.21. The topological polar surface area (TPSA) is 75.7 Å². The van der Waals surface area contributed by atoms with Crippen LogP contribution in [0.15, 0.2) is 53.4 Å². The van der Waals surface area contributed by atoms with Gasteiger partial charge in [0.2, 0.25) is 15.9 Å². The van der Waals surface area contributed by atoms with E-state index in [0.717, 1.165) is 18.5 Å². The minimum atomic E-state index is -3.64. The van der Waals surface area contributed by atoms with Gasteiger partial charge in [0.05, 0.1) is 17.9 Å². The lowest BCUT2D eigenvalue weighted by Crippen LogP contribution is -2.43. The first kappa shape index (κ1) is 21.3. The van der Waals surface area contributed by atoms with Crippen molar-refractivity contribution < 1.29 is 17.9 Å². The molecule has 1 N–H and O–H groups in total. The zero-order valence-corrected chi connectivity index (χ0v) is 17.7. The molecule has 1 heterocycles. The van der Waals surface area contributed by atoms with Crippen LogP contribution in [0.25, 0.3) is 0 Å². The Hall–Kier alpha value is -2.38. The first-order chi connectivity index (χ1) is 13.9. The minimum absolute atomic E-state index is 0.136. The summed E-state index contributed by atoms with van der Waals surface area (Å²) < 4.78 is 32.4. The van der Waals surface area contributed by atoms with E-state index >= 15 is 0 Å². The third-order valence-corrected chi connectivity index (χ3v) is 7.09. The molecule has 29 heavy (non-hydrogen) atoms. The van der Waals surface area contributed by atoms with Crippen LogP contribution in [-0.2, 0) is 21.2 Å². The van der Waals surface area contributed by atoms with Gasteiger partial charge in [-0.15, -0.1) is 0 Å². The van der Waals surface area contributed by atoms with Gasteiger partial charge in [-0.2, -0.15) is 4.31 Å². The maximum absolute atomic E-state index is 13.0. The highest BCUT2D eigenvalue weighted by atomic mass is 32.2. The van der Waals surface area contributed by atoms with E-state index in [4.69, 9.17) is 4.74 Å². The molecule has 1 aliphatic heterocycles. The summed E-state index contributed by atoms with van der Waals surface area (Å²) in [5.41, 5.74) is 1.98. The predicted molar refractivity (Wildman–Crippen MR) is 114 cm³/mol. The Labute approximate surface area is 172 Å². The number of hydrogen-bond acceptors (Lipinski definition) is 4. The Morgan fingerprint density at radius 1 is 1.14 bits per heavy atom. The van der Waals surface area contributed by atoms with E-state index in [0.29, 0.717) is 25.1 Å². The Kier molecular flexibility index (Phi) is 6.92. The Morgan fingerprint density at radius 3 is 2.45 bits per heavy atom. The maximum Gasteiger partial charge on any atom is 0.243 e. The van der Waals surface area contributed by atoms with Crippen molar-refractivity contribution in [2.45, 2.75) is 37.5 Å². The van der Waals surface area contributed by atoms with Crippen LogP contribution >= 0.6 is 0 Å². The summed E-state index contributed by atoms with van der Waals surface area (Å²) in [5, 5.41) is 2.93. The number of sulfonamides is 1. The van der Waals surface area contributed by atoms with E-state index in [1.807, 2.05) is 24.3 Å². The molecular formula is C22H28N2O4S. The molecular weight excluding hydrogens is 388 g/mol. The summed E-state index contributed by atoms with van der Waals surface area (Å²) in [5.74, 6) is 0.0970. The van der Waals surface area contributed by atoms with Crippen LogP contribution in [0.2, 0.25) is 0 Å². The van der Waals surface area contributed by atoms with Gasteiger partial charge < -0.3 is 10.1 Å². The van der Waals surface area contributed by atoms with Crippen LogP contribution in [0.3, 0.4) is 0 Å². The van der Waals surface area contributed by atoms with E-state index < -0.39 is 10.0 Å². The van der Waals surface area contributed by atoms with E-state index in [1.54, 1.807) is 12.1 Å². The highest BCUT2D eigenvalue weighted by Gasteiger charge is 2.33. The van der Waals surface area contributed by atoms with Gasteiger partial charge in [-0.25, -0.2) is 8.42 Å². The minimum Gasteiger partial charge on any atom is -0.497 e. The van der Waals surface area contributed by atoms with Crippen molar-refractivity contribution in [1.82, 2.24) is 4.31 Å². The molecule has 1 aliphatic rings. The van der Waals surface area contributed by atoms with Gasteiger partial charge in [-0.05, 0) is 61.2 Å². The number of aryl methyl sites for hydroxylation is 1. The normalized spacial score (nSPS) is 17.7. The molecule has 0 radical (unpaired) electrons. The van der Waals surface area contributed by atoms with Crippen molar-refractivity contribution >= 4 is 21.6 Å². The van der Waals surface area contributed by atoms with Crippen molar-refractivity contribution in [2.24, 2.45) is 5.92 Å². The first-order valence-electron chi connectivity index (χ1n) is 9.98. The van der Waals surface area contributed by atoms with Crippen LogP contribution < -0.4 is 10.1 Å². The molecule has 3 rings (SSSR count).